The summed E-state index contributed by atoms with van der Waals surface area (Å²) in [5, 5.41) is 5.62. The Hall–Kier alpha value is -2.47. The van der Waals surface area contributed by atoms with Crippen LogP contribution in [-0.2, 0) is 11.3 Å². The van der Waals surface area contributed by atoms with Crippen LogP contribution in [0.25, 0.3) is 0 Å². The highest BCUT2D eigenvalue weighted by Crippen LogP contribution is 2.17. The van der Waals surface area contributed by atoms with Gasteiger partial charge in [0.1, 0.15) is 0 Å². The number of carbonyl (C=O) groups is 2. The van der Waals surface area contributed by atoms with Crippen molar-refractivity contribution in [3.05, 3.63) is 65.2 Å². The molecule has 0 unspecified atom stereocenters. The molecular weight excluding hydrogens is 336 g/mol. The van der Waals surface area contributed by atoms with Crippen LogP contribution in [0, 0.1) is 6.92 Å². The zero-order valence-electron chi connectivity index (χ0n) is 14.4. The van der Waals surface area contributed by atoms with E-state index in [0.29, 0.717) is 18.7 Å². The number of rotatable bonds is 7. The molecule has 0 radical (unpaired) electrons. The lowest BCUT2D eigenvalue weighted by atomic mass is 10.1. The maximum Gasteiger partial charge on any atom is 0.337 e. The first kappa shape index (κ1) is 18.9. The van der Waals surface area contributed by atoms with Gasteiger partial charge in [-0.3, -0.25) is 0 Å². The highest BCUT2D eigenvalue weighted by molar-refractivity contribution is 7.99. The Morgan fingerprint density at radius 3 is 2.32 bits per heavy atom. The summed E-state index contributed by atoms with van der Waals surface area (Å²) >= 11 is 1.71. The minimum absolute atomic E-state index is 0.207. The Morgan fingerprint density at radius 1 is 1.00 bits per heavy atom. The first-order valence-electron chi connectivity index (χ1n) is 7.97. The monoisotopic (exact) mass is 358 g/mol. The molecule has 2 rings (SSSR count). The summed E-state index contributed by atoms with van der Waals surface area (Å²) in [4.78, 5) is 24.3. The molecule has 2 N–H and O–H groups in total. The van der Waals surface area contributed by atoms with Crippen LogP contribution in [0.3, 0.4) is 0 Å². The van der Waals surface area contributed by atoms with E-state index in [0.717, 1.165) is 11.3 Å². The topological polar surface area (TPSA) is 67.4 Å². The number of methoxy groups -OCH3 is 1. The summed E-state index contributed by atoms with van der Waals surface area (Å²) in [5.41, 5.74) is 2.64. The molecule has 0 atom stereocenters. The number of aryl methyl sites for hydroxylation is 1. The molecule has 0 aliphatic carbocycles. The molecule has 2 amide bonds. The van der Waals surface area contributed by atoms with Gasteiger partial charge in [0.15, 0.2) is 0 Å². The van der Waals surface area contributed by atoms with Crippen LogP contribution in [0.2, 0.25) is 0 Å². The molecule has 0 heterocycles. The summed E-state index contributed by atoms with van der Waals surface area (Å²) < 4.78 is 4.65. The Kier molecular flexibility index (Phi) is 7.35. The number of hydrogen-bond acceptors (Lipinski definition) is 4. The number of amides is 2. The minimum Gasteiger partial charge on any atom is -0.465 e. The number of carbonyl (C=O) groups excluding carboxylic acids is 2. The van der Waals surface area contributed by atoms with Crippen LogP contribution in [0.15, 0.2) is 53.4 Å². The van der Waals surface area contributed by atoms with Crippen LogP contribution in [-0.4, -0.2) is 31.4 Å². The maximum absolute atomic E-state index is 11.8. The van der Waals surface area contributed by atoms with Crippen LogP contribution < -0.4 is 10.6 Å². The standard InChI is InChI=1S/C19H22N2O3S/c1-14-3-9-17(10-4-14)25-12-11-20-19(23)21-13-15-5-7-16(8-6-15)18(22)24-2/h3-10H,11-13H2,1-2H3,(H2,20,21,23). The van der Waals surface area contributed by atoms with E-state index in [-0.39, 0.29) is 12.0 Å². The van der Waals surface area contributed by atoms with Gasteiger partial charge in [0, 0.05) is 23.7 Å². The van der Waals surface area contributed by atoms with Crippen molar-refractivity contribution in [2.45, 2.75) is 18.4 Å². The first-order chi connectivity index (χ1) is 12.1. The second-order valence-corrected chi connectivity index (χ2v) is 6.63. The third-order valence-electron chi connectivity index (χ3n) is 3.51. The van der Waals surface area contributed by atoms with Crippen molar-refractivity contribution in [2.75, 3.05) is 19.4 Å². The number of esters is 1. The van der Waals surface area contributed by atoms with Gasteiger partial charge in [-0.1, -0.05) is 29.8 Å². The van der Waals surface area contributed by atoms with E-state index in [9.17, 15) is 9.59 Å². The van der Waals surface area contributed by atoms with Crippen molar-refractivity contribution in [3.8, 4) is 0 Å². The highest BCUT2D eigenvalue weighted by atomic mass is 32.2. The Balaban J connectivity index is 1.65. The molecule has 2 aromatic rings. The molecule has 25 heavy (non-hydrogen) atoms. The number of ether oxygens (including phenoxy) is 1. The average Bonchev–Trinajstić information content (AvgIpc) is 2.64. The van der Waals surface area contributed by atoms with Crippen molar-refractivity contribution >= 4 is 23.8 Å². The van der Waals surface area contributed by atoms with Crippen molar-refractivity contribution in [3.63, 3.8) is 0 Å². The Labute approximate surface area is 152 Å². The molecule has 0 aliphatic rings. The van der Waals surface area contributed by atoms with Crippen molar-refractivity contribution < 1.29 is 14.3 Å². The lowest BCUT2D eigenvalue weighted by molar-refractivity contribution is 0.0600. The zero-order chi connectivity index (χ0) is 18.1. The van der Waals surface area contributed by atoms with Crippen LogP contribution >= 0.6 is 11.8 Å². The second kappa shape index (κ2) is 9.74. The number of benzene rings is 2. The smallest absolute Gasteiger partial charge is 0.337 e. The van der Waals surface area contributed by atoms with Gasteiger partial charge in [0.25, 0.3) is 0 Å². The molecule has 0 bridgehead atoms. The molecule has 0 aliphatic heterocycles. The lowest BCUT2D eigenvalue weighted by Gasteiger charge is -2.08. The van der Waals surface area contributed by atoms with Gasteiger partial charge in [-0.05, 0) is 36.8 Å². The van der Waals surface area contributed by atoms with Crippen molar-refractivity contribution in [2.24, 2.45) is 0 Å². The molecule has 0 spiro atoms. The third-order valence-corrected chi connectivity index (χ3v) is 4.52. The fourth-order valence-electron chi connectivity index (χ4n) is 2.09. The summed E-state index contributed by atoms with van der Waals surface area (Å²) in [6, 6.07) is 15.1. The van der Waals surface area contributed by atoms with E-state index in [4.69, 9.17) is 0 Å². The van der Waals surface area contributed by atoms with Crippen molar-refractivity contribution in [1.82, 2.24) is 10.6 Å². The highest BCUT2D eigenvalue weighted by Gasteiger charge is 2.05. The van der Waals surface area contributed by atoms with Gasteiger partial charge in [-0.15, -0.1) is 11.8 Å². The van der Waals surface area contributed by atoms with Crippen LogP contribution in [0.1, 0.15) is 21.5 Å². The quantitative estimate of drug-likeness (QED) is 0.452. The van der Waals surface area contributed by atoms with Crippen LogP contribution in [0.5, 0.6) is 0 Å². The SMILES string of the molecule is COC(=O)c1ccc(CNC(=O)NCCSc2ccc(C)cc2)cc1. The fraction of sp³-hybridized carbons (Fsp3) is 0.263. The predicted octanol–water partition coefficient (Wildman–Crippen LogP) is 3.37. The first-order valence-corrected chi connectivity index (χ1v) is 8.95. The molecule has 5 nitrogen and oxygen atoms in total. The van der Waals surface area contributed by atoms with E-state index in [1.807, 2.05) is 0 Å². The molecule has 0 saturated carbocycles. The second-order valence-electron chi connectivity index (χ2n) is 5.46. The summed E-state index contributed by atoms with van der Waals surface area (Å²) in [7, 11) is 1.35. The average molecular weight is 358 g/mol. The number of urea groups is 1. The fourth-order valence-corrected chi connectivity index (χ4v) is 2.86. The van der Waals surface area contributed by atoms with Crippen molar-refractivity contribution in [1.29, 1.82) is 0 Å². The molecule has 0 fully saturated rings. The number of thioether (sulfide) groups is 1. The molecule has 6 heteroatoms. The Morgan fingerprint density at radius 2 is 1.68 bits per heavy atom. The maximum atomic E-state index is 11.8. The summed E-state index contributed by atoms with van der Waals surface area (Å²) in [5.74, 6) is 0.438. The van der Waals surface area contributed by atoms with Gasteiger partial charge < -0.3 is 15.4 Å². The van der Waals surface area contributed by atoms with E-state index in [1.165, 1.54) is 17.6 Å². The normalized spacial score (nSPS) is 10.2. The van der Waals surface area contributed by atoms with Gasteiger partial charge in [-0.2, -0.15) is 0 Å². The van der Waals surface area contributed by atoms with E-state index in [2.05, 4.69) is 46.6 Å². The molecule has 132 valence electrons. The third kappa shape index (κ3) is 6.51. The Bertz CT molecular complexity index is 700. The lowest BCUT2D eigenvalue weighted by Crippen LogP contribution is -2.36. The number of nitrogens with one attached hydrogen (secondary N) is 2. The van der Waals surface area contributed by atoms with E-state index >= 15 is 0 Å². The van der Waals surface area contributed by atoms with Gasteiger partial charge >= 0.3 is 12.0 Å². The minimum atomic E-state index is -0.372. The molecular formula is C19H22N2O3S. The summed E-state index contributed by atoms with van der Waals surface area (Å²) in [6.45, 7) is 3.05. The molecule has 0 saturated heterocycles. The molecule has 2 aromatic carbocycles. The zero-order valence-corrected chi connectivity index (χ0v) is 15.2. The summed E-state index contributed by atoms with van der Waals surface area (Å²) in [6.07, 6.45) is 0. The van der Waals surface area contributed by atoms with Gasteiger partial charge in [0.05, 0.1) is 12.7 Å². The van der Waals surface area contributed by atoms with E-state index in [1.54, 1.807) is 36.0 Å². The van der Waals surface area contributed by atoms with Gasteiger partial charge in [0.2, 0.25) is 0 Å². The van der Waals surface area contributed by atoms with E-state index < -0.39 is 0 Å². The number of hydrogen-bond donors (Lipinski definition) is 2. The largest absolute Gasteiger partial charge is 0.465 e. The predicted molar refractivity (Wildman–Crippen MR) is 99.9 cm³/mol. The molecule has 0 aromatic heterocycles. The van der Waals surface area contributed by atoms with Gasteiger partial charge in [-0.25, -0.2) is 9.59 Å². The van der Waals surface area contributed by atoms with Crippen LogP contribution in [0.4, 0.5) is 4.79 Å².